The molecule has 1 heterocycles. The van der Waals surface area contributed by atoms with Crippen LogP contribution >= 0.6 is 0 Å². The summed E-state index contributed by atoms with van der Waals surface area (Å²) in [5.74, 6) is 7.71. The van der Waals surface area contributed by atoms with E-state index >= 15 is 0 Å². The Bertz CT molecular complexity index is 2010. The lowest BCUT2D eigenvalue weighted by Gasteiger charge is -2.57. The van der Waals surface area contributed by atoms with E-state index in [4.69, 9.17) is 15.0 Å². The fourth-order valence-electron chi connectivity index (χ4n) is 13.1. The van der Waals surface area contributed by atoms with Gasteiger partial charge in [-0.1, -0.05) is 66.7 Å². The molecule has 5 aromatic rings. The Kier molecular flexibility index (Phi) is 6.36. The van der Waals surface area contributed by atoms with Gasteiger partial charge in [-0.2, -0.15) is 5.26 Å². The first kappa shape index (κ1) is 29.4. The van der Waals surface area contributed by atoms with Crippen molar-refractivity contribution in [3.8, 4) is 40.2 Å². The summed E-state index contributed by atoms with van der Waals surface area (Å²) in [6, 6.07) is 33.1. The van der Waals surface area contributed by atoms with Crippen LogP contribution < -0.4 is 0 Å². The molecule has 248 valence electrons. The number of aromatic nitrogens is 3. The van der Waals surface area contributed by atoms with E-state index < -0.39 is 0 Å². The van der Waals surface area contributed by atoms with Crippen LogP contribution in [0.3, 0.4) is 0 Å². The van der Waals surface area contributed by atoms with E-state index in [-0.39, 0.29) is 0 Å². The number of fused-ring (bicyclic) bond motifs is 1. The Hall–Kier alpha value is -4.36. The Balaban J connectivity index is 0.974. The molecule has 1 aromatic heterocycles. The molecule has 0 aliphatic heterocycles. The third kappa shape index (κ3) is 4.72. The lowest BCUT2D eigenvalue weighted by atomic mass is 9.48. The summed E-state index contributed by atoms with van der Waals surface area (Å²) in [6.07, 6.45) is 17.0. The van der Waals surface area contributed by atoms with Gasteiger partial charge in [0.2, 0.25) is 0 Å². The molecule has 0 N–H and O–H groups in total. The normalized spacial score (nSPS) is 33.2. The van der Waals surface area contributed by atoms with Crippen molar-refractivity contribution in [2.75, 3.05) is 0 Å². The number of rotatable bonds is 5. The zero-order chi connectivity index (χ0) is 33.0. The number of nitriles is 1. The molecule has 13 rings (SSSR count). The van der Waals surface area contributed by atoms with Crippen LogP contribution in [-0.4, -0.2) is 15.0 Å². The largest absolute Gasteiger partial charge is 0.208 e. The Morgan fingerprint density at radius 3 is 1.22 bits per heavy atom. The highest BCUT2D eigenvalue weighted by atomic mass is 15.0. The van der Waals surface area contributed by atoms with Gasteiger partial charge in [-0.15, -0.1) is 0 Å². The first-order valence-corrected chi connectivity index (χ1v) is 19.4. The van der Waals surface area contributed by atoms with E-state index in [0.29, 0.717) is 22.2 Å². The molecule has 0 radical (unpaired) electrons. The summed E-state index contributed by atoms with van der Waals surface area (Å²) in [5, 5.41) is 11.5. The first-order valence-electron chi connectivity index (χ1n) is 19.4. The van der Waals surface area contributed by atoms with Crippen molar-refractivity contribution in [2.45, 2.75) is 87.9 Å². The number of nitrogens with zero attached hydrogens (tertiary/aromatic N) is 4. The minimum Gasteiger partial charge on any atom is -0.208 e. The summed E-state index contributed by atoms with van der Waals surface area (Å²) in [6.45, 7) is 0. The summed E-state index contributed by atoms with van der Waals surface area (Å²) in [4.78, 5) is 15.4. The van der Waals surface area contributed by atoms with Crippen LogP contribution in [0.4, 0.5) is 0 Å². The molecule has 8 aliphatic rings. The van der Waals surface area contributed by atoms with Crippen molar-refractivity contribution in [3.05, 3.63) is 102 Å². The Morgan fingerprint density at radius 1 is 0.440 bits per heavy atom. The van der Waals surface area contributed by atoms with E-state index in [1.54, 1.807) is 0 Å². The van der Waals surface area contributed by atoms with Crippen LogP contribution in [0.15, 0.2) is 84.9 Å². The number of benzene rings is 4. The van der Waals surface area contributed by atoms with Crippen molar-refractivity contribution in [2.24, 2.45) is 35.5 Å². The van der Waals surface area contributed by atoms with Gasteiger partial charge in [0.15, 0.2) is 17.5 Å². The molecular formula is C46H44N4. The molecule has 4 aromatic carbocycles. The molecule has 50 heavy (non-hydrogen) atoms. The highest BCUT2D eigenvalue weighted by molar-refractivity contribution is 5.87. The standard InChI is InChI=1S/C46H44N4/c47-27-28-1-2-38-20-39(4-3-37(38)19-28)44-49-42(35-5-9-40(10-6-35)45-21-29-13-30(22-45)15-31(14-29)23-45)48-43(50-44)36-7-11-41(12-8-36)46-24-32-16-33(25-46)18-34(17-32)26-46/h1-12,19-20,29-34H,13-18,21-26H2/t29-,30-,31-,32-,33-,34-,45?,46?. The van der Waals surface area contributed by atoms with Gasteiger partial charge in [0.25, 0.3) is 0 Å². The van der Waals surface area contributed by atoms with E-state index in [2.05, 4.69) is 72.8 Å². The fourth-order valence-corrected chi connectivity index (χ4v) is 13.1. The topological polar surface area (TPSA) is 62.5 Å². The molecule has 0 unspecified atom stereocenters. The second kappa shape index (κ2) is 10.8. The Morgan fingerprint density at radius 2 is 0.800 bits per heavy atom. The van der Waals surface area contributed by atoms with Gasteiger partial charge < -0.3 is 0 Å². The van der Waals surface area contributed by atoms with Crippen LogP contribution in [0.2, 0.25) is 0 Å². The maximum atomic E-state index is 9.42. The van der Waals surface area contributed by atoms with E-state index in [1.807, 2.05) is 18.2 Å². The van der Waals surface area contributed by atoms with E-state index in [9.17, 15) is 5.26 Å². The Labute approximate surface area is 295 Å². The lowest BCUT2D eigenvalue weighted by Crippen LogP contribution is -2.48. The van der Waals surface area contributed by atoms with Crippen molar-refractivity contribution >= 4 is 10.8 Å². The molecule has 8 fully saturated rings. The predicted molar refractivity (Wildman–Crippen MR) is 198 cm³/mol. The summed E-state index contributed by atoms with van der Waals surface area (Å²) in [7, 11) is 0. The van der Waals surface area contributed by atoms with E-state index in [1.165, 1.54) is 88.2 Å². The minimum atomic E-state index is 0.373. The van der Waals surface area contributed by atoms with E-state index in [0.717, 1.165) is 74.6 Å². The first-order chi connectivity index (χ1) is 24.5. The van der Waals surface area contributed by atoms with Gasteiger partial charge in [0.1, 0.15) is 0 Å². The van der Waals surface area contributed by atoms with Crippen LogP contribution in [0.5, 0.6) is 0 Å². The zero-order valence-corrected chi connectivity index (χ0v) is 28.8. The third-order valence-corrected chi connectivity index (χ3v) is 14.5. The van der Waals surface area contributed by atoms with Crippen LogP contribution in [0, 0.1) is 46.8 Å². The minimum absolute atomic E-state index is 0.373. The van der Waals surface area contributed by atoms with Crippen LogP contribution in [0.1, 0.15) is 93.7 Å². The number of hydrogen-bond donors (Lipinski definition) is 0. The maximum absolute atomic E-state index is 9.42. The van der Waals surface area contributed by atoms with Crippen molar-refractivity contribution < 1.29 is 0 Å². The highest BCUT2D eigenvalue weighted by Crippen LogP contribution is 2.62. The molecule has 8 bridgehead atoms. The van der Waals surface area contributed by atoms with Gasteiger partial charge in [0.05, 0.1) is 11.6 Å². The maximum Gasteiger partial charge on any atom is 0.164 e. The summed E-state index contributed by atoms with van der Waals surface area (Å²) < 4.78 is 0. The zero-order valence-electron chi connectivity index (χ0n) is 28.8. The molecule has 8 saturated carbocycles. The SMILES string of the molecule is N#Cc1ccc2cc(-c3nc(-c4ccc(C56C[C@H]7C[C@H](C5)C[C@@H](C6)C7)cc4)nc(-c4ccc(C56C[C@H]7C[C@H](C5)C[C@@H](C6)C7)cc4)n3)ccc2c1. The average Bonchev–Trinajstić information content (AvgIpc) is 3.13. The van der Waals surface area contributed by atoms with Gasteiger partial charge in [-0.3, -0.25) is 0 Å². The number of hydrogen-bond acceptors (Lipinski definition) is 4. The smallest absolute Gasteiger partial charge is 0.164 e. The lowest BCUT2D eigenvalue weighted by molar-refractivity contribution is -0.00530. The van der Waals surface area contributed by atoms with Crippen LogP contribution in [-0.2, 0) is 10.8 Å². The van der Waals surface area contributed by atoms with Gasteiger partial charge >= 0.3 is 0 Å². The third-order valence-electron chi connectivity index (χ3n) is 14.5. The molecule has 0 saturated heterocycles. The second-order valence-electron chi connectivity index (χ2n) is 17.7. The molecule has 0 spiro atoms. The predicted octanol–water partition coefficient (Wildman–Crippen LogP) is 10.8. The van der Waals surface area contributed by atoms with Gasteiger partial charge in [0, 0.05) is 16.7 Å². The molecule has 0 atom stereocenters. The van der Waals surface area contributed by atoms with Crippen molar-refractivity contribution in [1.82, 2.24) is 15.0 Å². The quantitative estimate of drug-likeness (QED) is 0.190. The molecular weight excluding hydrogens is 609 g/mol. The van der Waals surface area contributed by atoms with Crippen molar-refractivity contribution in [1.29, 1.82) is 5.26 Å². The fraction of sp³-hybridized carbons (Fsp3) is 0.435. The van der Waals surface area contributed by atoms with Gasteiger partial charge in [-0.05, 0) is 163 Å². The second-order valence-corrected chi connectivity index (χ2v) is 17.7. The summed E-state index contributed by atoms with van der Waals surface area (Å²) in [5.41, 5.74) is 7.53. The highest BCUT2D eigenvalue weighted by Gasteiger charge is 2.52. The molecule has 0 amide bonds. The molecule has 8 aliphatic carbocycles. The van der Waals surface area contributed by atoms with Gasteiger partial charge in [-0.25, -0.2) is 15.0 Å². The van der Waals surface area contributed by atoms with Crippen molar-refractivity contribution in [3.63, 3.8) is 0 Å². The van der Waals surface area contributed by atoms with Crippen LogP contribution in [0.25, 0.3) is 44.9 Å². The summed E-state index contributed by atoms with van der Waals surface area (Å²) >= 11 is 0. The molecule has 4 heteroatoms. The monoisotopic (exact) mass is 652 g/mol. The molecule has 4 nitrogen and oxygen atoms in total. The average molecular weight is 653 g/mol.